The first-order chi connectivity index (χ1) is 7.00. The number of primary amides is 1. The number of nitrogens with zero attached hydrogens (tertiary/aromatic N) is 1. The highest BCUT2D eigenvalue weighted by atomic mass is 16.3. The number of likely N-dealkylation sites (N-methyl/N-ethyl adjacent to an activating group) is 1. The van der Waals surface area contributed by atoms with Crippen LogP contribution in [-0.2, 0) is 4.79 Å². The molecule has 1 atom stereocenters. The number of carbonyl (C=O) groups is 1. The van der Waals surface area contributed by atoms with Crippen LogP contribution in [0.3, 0.4) is 0 Å². The molecule has 1 aromatic rings. The third kappa shape index (κ3) is 3.25. The predicted octanol–water partition coefficient (Wildman–Crippen LogP) is 0.870. The maximum atomic E-state index is 10.7. The van der Waals surface area contributed by atoms with Crippen LogP contribution in [0.2, 0.25) is 0 Å². The number of amides is 1. The number of nitrogens with two attached hydrogens (primary N) is 1. The van der Waals surface area contributed by atoms with Crippen molar-refractivity contribution in [3.05, 3.63) is 29.8 Å². The molecule has 0 saturated heterocycles. The van der Waals surface area contributed by atoms with Crippen LogP contribution >= 0.6 is 0 Å². The van der Waals surface area contributed by atoms with Gasteiger partial charge in [0.2, 0.25) is 5.91 Å². The fourth-order valence-electron chi connectivity index (χ4n) is 1.39. The number of benzene rings is 1. The zero-order chi connectivity index (χ0) is 11.4. The third-order valence-electron chi connectivity index (χ3n) is 2.44. The van der Waals surface area contributed by atoms with Gasteiger partial charge in [-0.3, -0.25) is 9.69 Å². The summed E-state index contributed by atoms with van der Waals surface area (Å²) in [5.41, 5.74) is 6.15. The van der Waals surface area contributed by atoms with Gasteiger partial charge < -0.3 is 10.8 Å². The Hall–Kier alpha value is -1.55. The Morgan fingerprint density at radius 1 is 1.47 bits per heavy atom. The van der Waals surface area contributed by atoms with Gasteiger partial charge in [-0.2, -0.15) is 0 Å². The van der Waals surface area contributed by atoms with E-state index in [9.17, 15) is 4.79 Å². The average Bonchev–Trinajstić information content (AvgIpc) is 2.17. The molecule has 0 radical (unpaired) electrons. The molecular weight excluding hydrogens is 192 g/mol. The Morgan fingerprint density at radius 2 is 2.00 bits per heavy atom. The van der Waals surface area contributed by atoms with E-state index in [1.54, 1.807) is 12.1 Å². The van der Waals surface area contributed by atoms with E-state index in [1.165, 1.54) is 0 Å². The average molecular weight is 208 g/mol. The molecule has 0 aliphatic heterocycles. The highest BCUT2D eigenvalue weighted by Gasteiger charge is 2.12. The van der Waals surface area contributed by atoms with Crippen LogP contribution in [-0.4, -0.2) is 29.5 Å². The van der Waals surface area contributed by atoms with Crippen molar-refractivity contribution in [2.75, 3.05) is 13.6 Å². The van der Waals surface area contributed by atoms with Crippen molar-refractivity contribution in [1.82, 2.24) is 4.90 Å². The van der Waals surface area contributed by atoms with Crippen molar-refractivity contribution >= 4 is 5.91 Å². The molecule has 0 heterocycles. The van der Waals surface area contributed by atoms with Crippen molar-refractivity contribution < 1.29 is 9.90 Å². The summed E-state index contributed by atoms with van der Waals surface area (Å²) in [4.78, 5) is 12.6. The first-order valence-electron chi connectivity index (χ1n) is 4.78. The summed E-state index contributed by atoms with van der Waals surface area (Å²) in [6.07, 6.45) is 0. The number of hydrogen-bond acceptors (Lipinski definition) is 3. The van der Waals surface area contributed by atoms with E-state index in [0.717, 1.165) is 5.56 Å². The van der Waals surface area contributed by atoms with Crippen molar-refractivity contribution in [1.29, 1.82) is 0 Å². The molecule has 1 amide bonds. The summed E-state index contributed by atoms with van der Waals surface area (Å²) >= 11 is 0. The van der Waals surface area contributed by atoms with Gasteiger partial charge in [-0.05, 0) is 31.7 Å². The summed E-state index contributed by atoms with van der Waals surface area (Å²) in [7, 11) is 1.84. The van der Waals surface area contributed by atoms with Crippen LogP contribution in [0, 0.1) is 0 Å². The molecule has 0 spiro atoms. The van der Waals surface area contributed by atoms with E-state index in [2.05, 4.69) is 0 Å². The highest BCUT2D eigenvalue weighted by Crippen LogP contribution is 2.20. The number of phenols is 1. The van der Waals surface area contributed by atoms with Crippen LogP contribution < -0.4 is 5.73 Å². The van der Waals surface area contributed by atoms with Crippen LogP contribution in [0.4, 0.5) is 0 Å². The Kier molecular flexibility index (Phi) is 3.68. The molecule has 0 bridgehead atoms. The number of carbonyl (C=O) groups excluding carboxylic acids is 1. The van der Waals surface area contributed by atoms with E-state index in [4.69, 9.17) is 10.8 Å². The first kappa shape index (κ1) is 11.5. The minimum Gasteiger partial charge on any atom is -0.508 e. The zero-order valence-corrected chi connectivity index (χ0v) is 8.97. The molecule has 4 heteroatoms. The first-order valence-corrected chi connectivity index (χ1v) is 4.78. The molecule has 82 valence electrons. The van der Waals surface area contributed by atoms with Crippen LogP contribution in [0.1, 0.15) is 18.5 Å². The fourth-order valence-corrected chi connectivity index (χ4v) is 1.39. The Morgan fingerprint density at radius 3 is 2.47 bits per heavy atom. The van der Waals surface area contributed by atoms with Gasteiger partial charge in [-0.25, -0.2) is 0 Å². The SMILES string of the molecule is CC(c1ccc(O)cc1)N(C)CC(N)=O. The van der Waals surface area contributed by atoms with Crippen LogP contribution in [0.15, 0.2) is 24.3 Å². The number of hydrogen-bond donors (Lipinski definition) is 2. The molecule has 1 unspecified atom stereocenters. The molecule has 4 nitrogen and oxygen atoms in total. The van der Waals surface area contributed by atoms with Crippen LogP contribution in [0.25, 0.3) is 0 Å². The lowest BCUT2D eigenvalue weighted by atomic mass is 10.1. The van der Waals surface area contributed by atoms with Gasteiger partial charge >= 0.3 is 0 Å². The lowest BCUT2D eigenvalue weighted by Gasteiger charge is -2.23. The van der Waals surface area contributed by atoms with Gasteiger partial charge in [-0.1, -0.05) is 12.1 Å². The van der Waals surface area contributed by atoms with Gasteiger partial charge in [0.25, 0.3) is 0 Å². The maximum absolute atomic E-state index is 10.7. The van der Waals surface area contributed by atoms with Gasteiger partial charge in [0.1, 0.15) is 5.75 Å². The van der Waals surface area contributed by atoms with Crippen molar-refractivity contribution in [2.45, 2.75) is 13.0 Å². The van der Waals surface area contributed by atoms with Crippen molar-refractivity contribution in [2.24, 2.45) is 5.73 Å². The van der Waals surface area contributed by atoms with Gasteiger partial charge in [-0.15, -0.1) is 0 Å². The fraction of sp³-hybridized carbons (Fsp3) is 0.364. The van der Waals surface area contributed by atoms with E-state index in [0.29, 0.717) is 0 Å². The van der Waals surface area contributed by atoms with E-state index in [1.807, 2.05) is 31.0 Å². The largest absolute Gasteiger partial charge is 0.508 e. The van der Waals surface area contributed by atoms with E-state index in [-0.39, 0.29) is 24.2 Å². The molecule has 0 aromatic heterocycles. The number of phenolic OH excluding ortho intramolecular Hbond substituents is 1. The maximum Gasteiger partial charge on any atom is 0.231 e. The minimum atomic E-state index is -0.344. The van der Waals surface area contributed by atoms with Crippen molar-refractivity contribution in [3.8, 4) is 5.75 Å². The van der Waals surface area contributed by atoms with Crippen LogP contribution in [0.5, 0.6) is 5.75 Å². The lowest BCUT2D eigenvalue weighted by Crippen LogP contribution is -2.32. The quantitative estimate of drug-likeness (QED) is 0.771. The minimum absolute atomic E-state index is 0.0955. The molecule has 0 fully saturated rings. The normalized spacial score (nSPS) is 12.7. The second kappa shape index (κ2) is 4.79. The Bertz CT molecular complexity index is 335. The van der Waals surface area contributed by atoms with Gasteiger partial charge in [0.15, 0.2) is 0 Å². The summed E-state index contributed by atoms with van der Waals surface area (Å²) < 4.78 is 0. The molecule has 0 aliphatic rings. The molecular formula is C11H16N2O2. The standard InChI is InChI=1S/C11H16N2O2/c1-8(13(2)7-11(12)15)9-3-5-10(14)6-4-9/h3-6,8,14H,7H2,1-2H3,(H2,12,15). The topological polar surface area (TPSA) is 66.6 Å². The van der Waals surface area contributed by atoms with E-state index < -0.39 is 0 Å². The molecule has 1 rings (SSSR count). The predicted molar refractivity (Wildman–Crippen MR) is 58.3 cm³/mol. The summed E-state index contributed by atoms with van der Waals surface area (Å²) in [5, 5.41) is 9.13. The Labute approximate surface area is 89.3 Å². The summed E-state index contributed by atoms with van der Waals surface area (Å²) in [5.74, 6) is -0.105. The molecule has 0 aliphatic carbocycles. The molecule has 15 heavy (non-hydrogen) atoms. The van der Waals surface area contributed by atoms with E-state index >= 15 is 0 Å². The summed E-state index contributed by atoms with van der Waals surface area (Å²) in [6, 6.07) is 7.01. The lowest BCUT2D eigenvalue weighted by molar-refractivity contribution is -0.119. The van der Waals surface area contributed by atoms with Gasteiger partial charge in [0.05, 0.1) is 6.54 Å². The third-order valence-corrected chi connectivity index (χ3v) is 2.44. The molecule has 1 aromatic carbocycles. The zero-order valence-electron chi connectivity index (χ0n) is 8.97. The highest BCUT2D eigenvalue weighted by molar-refractivity contribution is 5.75. The summed E-state index contributed by atoms with van der Waals surface area (Å²) in [6.45, 7) is 2.21. The monoisotopic (exact) mass is 208 g/mol. The number of aromatic hydroxyl groups is 1. The second-order valence-electron chi connectivity index (χ2n) is 3.65. The second-order valence-corrected chi connectivity index (χ2v) is 3.65. The van der Waals surface area contributed by atoms with Crippen molar-refractivity contribution in [3.63, 3.8) is 0 Å². The van der Waals surface area contributed by atoms with Gasteiger partial charge in [0, 0.05) is 6.04 Å². The molecule has 0 saturated carbocycles. The Balaban J connectivity index is 2.71. The smallest absolute Gasteiger partial charge is 0.231 e. The number of rotatable bonds is 4. The molecule has 3 N–H and O–H groups in total.